The Morgan fingerprint density at radius 2 is 2.00 bits per heavy atom. The molecule has 0 radical (unpaired) electrons. The van der Waals surface area contributed by atoms with E-state index < -0.39 is 0 Å². The van der Waals surface area contributed by atoms with Crippen molar-refractivity contribution in [3.8, 4) is 0 Å². The van der Waals surface area contributed by atoms with Crippen LogP contribution in [0.15, 0.2) is 70.6 Å². The lowest BCUT2D eigenvalue weighted by Gasteiger charge is -2.22. The maximum absolute atomic E-state index is 4.32. The predicted octanol–water partition coefficient (Wildman–Crippen LogP) is 4.68. The van der Waals surface area contributed by atoms with E-state index in [1.54, 1.807) is 6.20 Å². The first-order chi connectivity index (χ1) is 12.3. The molecule has 0 bridgehead atoms. The number of azo groups is 1. The van der Waals surface area contributed by atoms with Crippen molar-refractivity contribution in [1.82, 2.24) is 4.98 Å². The normalized spacial score (nSPS) is 11.1. The number of hydrogen-bond acceptors (Lipinski definition) is 5. The Bertz CT molecular complexity index is 815. The van der Waals surface area contributed by atoms with Crippen LogP contribution in [0, 0.1) is 6.92 Å². The average Bonchev–Trinajstić information content (AvgIpc) is 3.16. The number of nitrogens with zero attached hydrogens (tertiary/aromatic N) is 5. The minimum Gasteiger partial charge on any atom is -0.365 e. The van der Waals surface area contributed by atoms with E-state index in [-0.39, 0.29) is 0 Å². The lowest BCUT2D eigenvalue weighted by molar-refractivity contribution is -0.694. The van der Waals surface area contributed by atoms with Crippen molar-refractivity contribution in [3.63, 3.8) is 0 Å². The third-order valence-electron chi connectivity index (χ3n) is 4.00. The van der Waals surface area contributed by atoms with Crippen LogP contribution in [0.5, 0.6) is 0 Å². The molecule has 25 heavy (non-hydrogen) atoms. The van der Waals surface area contributed by atoms with Gasteiger partial charge in [-0.15, -0.1) is 21.6 Å². The van der Waals surface area contributed by atoms with E-state index in [1.165, 1.54) is 17.0 Å². The lowest BCUT2D eigenvalue weighted by atomic mass is 10.1. The van der Waals surface area contributed by atoms with Crippen molar-refractivity contribution < 1.29 is 4.57 Å². The SMILES string of the molecule is CCN(CC[n+]1ccccc1)c1ccc(/N=N/c2nccs2)c(C)c1. The standard InChI is InChI=1S/C19H22N5S/c1-3-24(13-12-23-10-5-4-6-11-23)17-7-8-18(16(2)15-17)21-22-19-20-9-14-25-19/h4-11,14-15H,3,12-13H2,1-2H3/q+1/b22-21+. The number of rotatable bonds is 7. The van der Waals surface area contributed by atoms with Crippen molar-refractivity contribution >= 4 is 27.8 Å². The van der Waals surface area contributed by atoms with Crippen LogP contribution in [0.25, 0.3) is 0 Å². The van der Waals surface area contributed by atoms with Gasteiger partial charge in [-0.3, -0.25) is 0 Å². The highest BCUT2D eigenvalue weighted by molar-refractivity contribution is 7.13. The summed E-state index contributed by atoms with van der Waals surface area (Å²) in [4.78, 5) is 6.49. The van der Waals surface area contributed by atoms with Gasteiger partial charge in [0, 0.05) is 35.9 Å². The lowest BCUT2D eigenvalue weighted by Crippen LogP contribution is -2.40. The third-order valence-corrected chi connectivity index (χ3v) is 4.65. The van der Waals surface area contributed by atoms with Crippen molar-refractivity contribution in [2.45, 2.75) is 20.4 Å². The van der Waals surface area contributed by atoms with E-state index in [4.69, 9.17) is 0 Å². The van der Waals surface area contributed by atoms with Gasteiger partial charge in [-0.1, -0.05) is 6.07 Å². The highest BCUT2D eigenvalue weighted by atomic mass is 32.1. The molecule has 0 atom stereocenters. The van der Waals surface area contributed by atoms with E-state index in [0.717, 1.165) is 30.9 Å². The summed E-state index contributed by atoms with van der Waals surface area (Å²) in [7, 11) is 0. The van der Waals surface area contributed by atoms with Crippen LogP contribution >= 0.6 is 11.3 Å². The van der Waals surface area contributed by atoms with Gasteiger partial charge >= 0.3 is 0 Å². The Labute approximate surface area is 152 Å². The molecule has 0 amide bonds. The molecular weight excluding hydrogens is 330 g/mol. The molecule has 0 fully saturated rings. The zero-order valence-corrected chi connectivity index (χ0v) is 15.4. The van der Waals surface area contributed by atoms with Crippen molar-refractivity contribution in [3.05, 3.63) is 65.9 Å². The highest BCUT2D eigenvalue weighted by Gasteiger charge is 2.09. The summed E-state index contributed by atoms with van der Waals surface area (Å²) in [6, 6.07) is 12.5. The molecule has 0 spiro atoms. The highest BCUT2D eigenvalue weighted by Crippen LogP contribution is 2.27. The molecule has 5 nitrogen and oxygen atoms in total. The fourth-order valence-corrected chi connectivity index (χ4v) is 3.05. The topological polar surface area (TPSA) is 44.7 Å². The molecule has 0 saturated heterocycles. The maximum atomic E-state index is 4.32. The molecule has 0 aliphatic carbocycles. The number of anilines is 1. The van der Waals surface area contributed by atoms with Crippen LogP contribution in [-0.4, -0.2) is 18.1 Å². The van der Waals surface area contributed by atoms with E-state index in [9.17, 15) is 0 Å². The number of benzene rings is 1. The number of likely N-dealkylation sites (N-methyl/N-ethyl adjacent to an activating group) is 1. The molecule has 0 unspecified atom stereocenters. The Morgan fingerprint density at radius 1 is 1.16 bits per heavy atom. The number of pyridine rings is 1. The molecule has 1 aromatic carbocycles. The van der Waals surface area contributed by atoms with Gasteiger partial charge in [0.1, 0.15) is 0 Å². The molecule has 0 aliphatic heterocycles. The van der Waals surface area contributed by atoms with Crippen molar-refractivity contribution in [2.75, 3.05) is 18.0 Å². The second-order valence-corrected chi connectivity index (χ2v) is 6.55. The van der Waals surface area contributed by atoms with Crippen LogP contribution in [0.3, 0.4) is 0 Å². The molecular formula is C19H22N5S+. The van der Waals surface area contributed by atoms with Crippen molar-refractivity contribution in [2.24, 2.45) is 10.2 Å². The maximum Gasteiger partial charge on any atom is 0.229 e. The summed E-state index contributed by atoms with van der Waals surface area (Å²) >= 11 is 1.48. The van der Waals surface area contributed by atoms with Gasteiger partial charge in [0.05, 0.1) is 12.2 Å². The first-order valence-corrected chi connectivity index (χ1v) is 9.25. The fraction of sp³-hybridized carbons (Fsp3) is 0.263. The van der Waals surface area contributed by atoms with E-state index in [1.807, 2.05) is 17.5 Å². The molecule has 3 rings (SSSR count). The summed E-state index contributed by atoms with van der Waals surface area (Å²) in [5.41, 5.74) is 3.21. The molecule has 0 saturated carbocycles. The molecule has 6 heteroatoms. The Morgan fingerprint density at radius 3 is 2.68 bits per heavy atom. The summed E-state index contributed by atoms with van der Waals surface area (Å²) in [6.07, 6.45) is 5.93. The van der Waals surface area contributed by atoms with Gasteiger partial charge < -0.3 is 4.90 Å². The first-order valence-electron chi connectivity index (χ1n) is 8.37. The average molecular weight is 352 g/mol. The molecule has 2 aromatic heterocycles. The molecule has 3 aromatic rings. The Hall–Kier alpha value is -2.60. The second kappa shape index (κ2) is 8.48. The van der Waals surface area contributed by atoms with E-state index >= 15 is 0 Å². The third kappa shape index (κ3) is 4.70. The van der Waals surface area contributed by atoms with Crippen LogP contribution in [0.1, 0.15) is 12.5 Å². The Balaban J connectivity index is 1.69. The quantitative estimate of drug-likeness (QED) is 0.458. The smallest absolute Gasteiger partial charge is 0.229 e. The fourth-order valence-electron chi connectivity index (χ4n) is 2.60. The summed E-state index contributed by atoms with van der Waals surface area (Å²) < 4.78 is 2.20. The van der Waals surface area contributed by atoms with Crippen LogP contribution in [0.4, 0.5) is 16.5 Å². The van der Waals surface area contributed by atoms with Gasteiger partial charge in [0.25, 0.3) is 0 Å². The predicted molar refractivity (Wildman–Crippen MR) is 102 cm³/mol. The molecule has 2 heterocycles. The van der Waals surface area contributed by atoms with Crippen LogP contribution in [0.2, 0.25) is 0 Å². The number of thiazole rings is 1. The monoisotopic (exact) mass is 352 g/mol. The van der Waals surface area contributed by atoms with Gasteiger partial charge in [0.2, 0.25) is 5.13 Å². The molecule has 128 valence electrons. The van der Waals surface area contributed by atoms with Crippen LogP contribution in [-0.2, 0) is 6.54 Å². The molecule has 0 aliphatic rings. The summed E-state index contributed by atoms with van der Waals surface area (Å²) in [5.74, 6) is 0. The van der Waals surface area contributed by atoms with Gasteiger partial charge in [0.15, 0.2) is 18.9 Å². The Kier molecular flexibility index (Phi) is 5.85. The van der Waals surface area contributed by atoms with Gasteiger partial charge in [-0.25, -0.2) is 9.55 Å². The molecule has 0 N–H and O–H groups in total. The second-order valence-electron chi connectivity index (χ2n) is 5.68. The van der Waals surface area contributed by atoms with Gasteiger partial charge in [-0.05, 0) is 37.6 Å². The number of aromatic nitrogens is 2. The summed E-state index contributed by atoms with van der Waals surface area (Å²) in [6.45, 7) is 7.14. The minimum absolute atomic E-state index is 0.679. The number of hydrogen-bond donors (Lipinski definition) is 0. The minimum atomic E-state index is 0.679. The largest absolute Gasteiger partial charge is 0.365 e. The summed E-state index contributed by atoms with van der Waals surface area (Å²) in [5, 5.41) is 11.1. The zero-order chi connectivity index (χ0) is 17.5. The van der Waals surface area contributed by atoms with Gasteiger partial charge in [-0.2, -0.15) is 0 Å². The number of aryl methyl sites for hydroxylation is 1. The van der Waals surface area contributed by atoms with E-state index in [0.29, 0.717) is 5.13 Å². The van der Waals surface area contributed by atoms with E-state index in [2.05, 4.69) is 75.2 Å². The van der Waals surface area contributed by atoms with Crippen LogP contribution < -0.4 is 9.47 Å². The van der Waals surface area contributed by atoms with Crippen molar-refractivity contribution in [1.29, 1.82) is 0 Å². The zero-order valence-electron chi connectivity index (χ0n) is 14.5. The first kappa shape index (κ1) is 17.2.